The molecule has 1 aromatic heterocycles. The summed E-state index contributed by atoms with van der Waals surface area (Å²) in [6.45, 7) is 6.35. The number of halogens is 1. The molecule has 38 heavy (non-hydrogen) atoms. The summed E-state index contributed by atoms with van der Waals surface area (Å²) < 4.78 is 20.7. The number of piperazine rings is 1. The maximum atomic E-state index is 13.3. The minimum absolute atomic E-state index is 0.0750. The molecule has 2 saturated heterocycles. The van der Waals surface area contributed by atoms with E-state index in [0.29, 0.717) is 49.4 Å². The molecule has 3 aromatic rings. The van der Waals surface area contributed by atoms with E-state index in [1.165, 1.54) is 12.1 Å². The Morgan fingerprint density at radius 3 is 2.32 bits per heavy atom. The van der Waals surface area contributed by atoms with Gasteiger partial charge < -0.3 is 24.4 Å². The Morgan fingerprint density at radius 2 is 1.58 bits per heavy atom. The van der Waals surface area contributed by atoms with Gasteiger partial charge in [0, 0.05) is 63.6 Å². The van der Waals surface area contributed by atoms with E-state index >= 15 is 0 Å². The molecule has 2 aliphatic heterocycles. The first-order chi connectivity index (χ1) is 18.5. The first-order valence-corrected chi connectivity index (χ1v) is 13.8. The van der Waals surface area contributed by atoms with Gasteiger partial charge in [-0.05, 0) is 67.5 Å². The number of benzene rings is 2. The molecule has 5 rings (SSSR count). The van der Waals surface area contributed by atoms with Crippen LogP contribution in [0.1, 0.15) is 25.7 Å². The van der Waals surface area contributed by atoms with Gasteiger partial charge >= 0.3 is 0 Å². The van der Waals surface area contributed by atoms with Crippen molar-refractivity contribution in [3.05, 3.63) is 63.4 Å². The number of rotatable bonds is 8. The number of ether oxygens (including phenoxy) is 1. The quantitative estimate of drug-likeness (QED) is 0.345. The number of H-pyrrole nitrogens is 1. The van der Waals surface area contributed by atoms with Crippen LogP contribution in [0.15, 0.2) is 47.3 Å². The van der Waals surface area contributed by atoms with Crippen molar-refractivity contribution in [2.24, 2.45) is 0 Å². The second-order valence-electron chi connectivity index (χ2n) is 9.87. The average Bonchev–Trinajstić information content (AvgIpc) is 2.95. The van der Waals surface area contributed by atoms with Crippen molar-refractivity contribution < 1.29 is 13.9 Å². The summed E-state index contributed by atoms with van der Waals surface area (Å²) in [5, 5.41) is 0.637. The second-order valence-corrected chi connectivity index (χ2v) is 10.3. The van der Waals surface area contributed by atoms with Crippen LogP contribution in [0, 0.1) is 10.6 Å². The maximum absolute atomic E-state index is 13.3. The predicted molar refractivity (Wildman–Crippen MR) is 150 cm³/mol. The number of morpholine rings is 1. The molecule has 3 heterocycles. The number of hydrogen-bond acceptors (Lipinski definition) is 6. The summed E-state index contributed by atoms with van der Waals surface area (Å²) in [5.74, 6) is -0.0763. The third-order valence-corrected chi connectivity index (χ3v) is 7.76. The topological polar surface area (TPSA) is 73.8 Å². The van der Waals surface area contributed by atoms with Gasteiger partial charge in [0.05, 0.1) is 24.1 Å². The van der Waals surface area contributed by atoms with Gasteiger partial charge in [-0.2, -0.15) is 0 Å². The predicted octanol–water partition coefficient (Wildman–Crippen LogP) is 3.94. The van der Waals surface area contributed by atoms with E-state index in [2.05, 4.69) is 14.8 Å². The number of anilines is 2. The summed E-state index contributed by atoms with van der Waals surface area (Å²) >= 11 is 5.48. The molecule has 2 aromatic carbocycles. The van der Waals surface area contributed by atoms with E-state index in [1.807, 2.05) is 23.1 Å². The van der Waals surface area contributed by atoms with E-state index in [0.717, 1.165) is 62.3 Å². The lowest BCUT2D eigenvalue weighted by atomic mass is 10.1. The normalized spacial score (nSPS) is 16.3. The Morgan fingerprint density at radius 1 is 0.895 bits per heavy atom. The highest BCUT2D eigenvalue weighted by atomic mass is 32.1. The van der Waals surface area contributed by atoms with E-state index in [1.54, 1.807) is 16.7 Å². The Labute approximate surface area is 226 Å². The van der Waals surface area contributed by atoms with E-state index in [-0.39, 0.29) is 17.3 Å². The van der Waals surface area contributed by atoms with Crippen LogP contribution < -0.4 is 15.4 Å². The first-order valence-electron chi connectivity index (χ1n) is 13.4. The van der Waals surface area contributed by atoms with Gasteiger partial charge in [0.15, 0.2) is 4.77 Å². The molecular weight excluding hydrogens is 505 g/mol. The fourth-order valence-electron chi connectivity index (χ4n) is 5.21. The molecule has 0 saturated carbocycles. The SMILES string of the molecule is O=C(CCCCCn1c(=S)[nH]c2ccc(N3CCOCC3)cc2c1=O)N1CCN(c2ccc(F)cc2)CC1. The zero-order chi connectivity index (χ0) is 26.5. The van der Waals surface area contributed by atoms with Crippen molar-refractivity contribution in [3.8, 4) is 0 Å². The van der Waals surface area contributed by atoms with Gasteiger partial charge in [0.2, 0.25) is 5.91 Å². The number of fused-ring (bicyclic) bond motifs is 1. The second kappa shape index (κ2) is 12.1. The Hall–Kier alpha value is -3.24. The van der Waals surface area contributed by atoms with Crippen LogP contribution in [0.5, 0.6) is 0 Å². The molecule has 0 radical (unpaired) electrons. The number of unbranched alkanes of at least 4 members (excludes halogenated alkanes) is 2. The highest BCUT2D eigenvalue weighted by Crippen LogP contribution is 2.21. The number of carbonyl (C=O) groups excluding carboxylic acids is 1. The van der Waals surface area contributed by atoms with Gasteiger partial charge in [0.1, 0.15) is 5.82 Å². The Balaban J connectivity index is 1.10. The number of hydrogen-bond donors (Lipinski definition) is 1. The van der Waals surface area contributed by atoms with Gasteiger partial charge in [-0.3, -0.25) is 14.2 Å². The van der Waals surface area contributed by atoms with Crippen LogP contribution >= 0.6 is 12.2 Å². The summed E-state index contributed by atoms with van der Waals surface area (Å²) in [6.07, 6.45) is 2.89. The molecule has 8 nitrogen and oxygen atoms in total. The van der Waals surface area contributed by atoms with Crippen LogP contribution in [0.4, 0.5) is 15.8 Å². The molecule has 1 amide bonds. The van der Waals surface area contributed by atoms with Gasteiger partial charge in [0.25, 0.3) is 5.56 Å². The monoisotopic (exact) mass is 539 g/mol. The summed E-state index contributed by atoms with van der Waals surface area (Å²) in [7, 11) is 0. The fraction of sp³-hybridized carbons (Fsp3) is 0.464. The van der Waals surface area contributed by atoms with Crippen LogP contribution in [-0.2, 0) is 16.1 Å². The number of nitrogens with zero attached hydrogens (tertiary/aromatic N) is 4. The number of aromatic nitrogens is 2. The number of aromatic amines is 1. The smallest absolute Gasteiger partial charge is 0.262 e. The van der Waals surface area contributed by atoms with E-state index in [4.69, 9.17) is 17.0 Å². The molecule has 0 bridgehead atoms. The van der Waals surface area contributed by atoms with Gasteiger partial charge in [-0.15, -0.1) is 0 Å². The van der Waals surface area contributed by atoms with Crippen LogP contribution in [0.25, 0.3) is 10.9 Å². The fourth-order valence-corrected chi connectivity index (χ4v) is 5.49. The zero-order valence-electron chi connectivity index (χ0n) is 21.5. The molecule has 2 aliphatic rings. The van der Waals surface area contributed by atoms with Crippen molar-refractivity contribution in [2.45, 2.75) is 32.2 Å². The third-order valence-electron chi connectivity index (χ3n) is 7.44. The third kappa shape index (κ3) is 6.07. The molecule has 10 heteroatoms. The lowest BCUT2D eigenvalue weighted by Gasteiger charge is -2.36. The van der Waals surface area contributed by atoms with Gasteiger partial charge in [-0.1, -0.05) is 6.42 Å². The number of amides is 1. The number of nitrogens with one attached hydrogen (secondary N) is 1. The summed E-state index contributed by atoms with van der Waals surface area (Å²) in [6, 6.07) is 12.4. The summed E-state index contributed by atoms with van der Waals surface area (Å²) in [4.78, 5) is 35.5. The van der Waals surface area contributed by atoms with E-state index < -0.39 is 0 Å². The minimum atomic E-state index is -0.243. The van der Waals surface area contributed by atoms with Crippen molar-refractivity contribution in [1.82, 2.24) is 14.5 Å². The zero-order valence-corrected chi connectivity index (χ0v) is 22.4. The van der Waals surface area contributed by atoms with Crippen LogP contribution in [-0.4, -0.2) is 72.8 Å². The lowest BCUT2D eigenvalue weighted by molar-refractivity contribution is -0.131. The molecular formula is C28H34FN5O3S. The first kappa shape index (κ1) is 26.4. The minimum Gasteiger partial charge on any atom is -0.378 e. The Bertz CT molecular complexity index is 1380. The van der Waals surface area contributed by atoms with Gasteiger partial charge in [-0.25, -0.2) is 4.39 Å². The standard InChI is InChI=1S/C28H34FN5O3S/c29-21-5-7-22(8-6-21)31-12-14-33(15-13-31)26(35)4-2-1-3-11-34-27(36)24-20-23(32-16-18-37-19-17-32)9-10-25(24)30-28(34)38/h5-10,20H,1-4,11-19H2,(H,30,38). The average molecular weight is 540 g/mol. The maximum Gasteiger partial charge on any atom is 0.262 e. The lowest BCUT2D eigenvalue weighted by Crippen LogP contribution is -2.48. The molecule has 0 unspecified atom stereocenters. The molecule has 0 atom stereocenters. The van der Waals surface area contributed by atoms with Crippen molar-refractivity contribution >= 4 is 40.4 Å². The summed E-state index contributed by atoms with van der Waals surface area (Å²) in [5.41, 5.74) is 2.68. The highest BCUT2D eigenvalue weighted by Gasteiger charge is 2.21. The molecule has 2 fully saturated rings. The highest BCUT2D eigenvalue weighted by molar-refractivity contribution is 7.71. The van der Waals surface area contributed by atoms with Crippen LogP contribution in [0.3, 0.4) is 0 Å². The largest absolute Gasteiger partial charge is 0.378 e. The molecule has 0 spiro atoms. The van der Waals surface area contributed by atoms with E-state index in [9.17, 15) is 14.0 Å². The van der Waals surface area contributed by atoms with Crippen molar-refractivity contribution in [2.75, 3.05) is 62.3 Å². The number of carbonyl (C=O) groups is 1. The molecule has 1 N–H and O–H groups in total. The van der Waals surface area contributed by atoms with Crippen molar-refractivity contribution in [3.63, 3.8) is 0 Å². The molecule has 202 valence electrons. The van der Waals surface area contributed by atoms with Crippen molar-refractivity contribution in [1.29, 1.82) is 0 Å². The van der Waals surface area contributed by atoms with Crippen LogP contribution in [0.2, 0.25) is 0 Å². The molecule has 0 aliphatic carbocycles. The Kier molecular flexibility index (Phi) is 8.38.